The third kappa shape index (κ3) is 6.20. The van der Waals surface area contributed by atoms with E-state index in [2.05, 4.69) is 15.6 Å². The van der Waals surface area contributed by atoms with Crippen molar-refractivity contribution in [2.24, 2.45) is 0 Å². The van der Waals surface area contributed by atoms with Crippen LogP contribution in [0.1, 0.15) is 42.4 Å². The van der Waals surface area contributed by atoms with Gasteiger partial charge in [-0.05, 0) is 49.8 Å². The molecule has 2 aromatic rings. The van der Waals surface area contributed by atoms with Crippen molar-refractivity contribution in [3.05, 3.63) is 65.5 Å². The quantitative estimate of drug-likeness (QED) is 0.792. The van der Waals surface area contributed by atoms with Crippen molar-refractivity contribution in [3.63, 3.8) is 0 Å². The minimum atomic E-state index is 0.0501. The average Bonchev–Trinajstić information content (AvgIpc) is 3.07. The second kappa shape index (κ2) is 9.31. The fourth-order valence-corrected chi connectivity index (χ4v) is 3.63. The molecule has 5 nitrogen and oxygen atoms in total. The first-order valence-corrected chi connectivity index (χ1v) is 9.61. The molecule has 1 saturated carbocycles. The Labute approximate surface area is 160 Å². The number of carbonyl (C=O) groups is 2. The van der Waals surface area contributed by atoms with Gasteiger partial charge in [0.15, 0.2) is 0 Å². The van der Waals surface area contributed by atoms with E-state index in [1.54, 1.807) is 12.4 Å². The van der Waals surface area contributed by atoms with Gasteiger partial charge < -0.3 is 10.6 Å². The molecule has 1 aliphatic rings. The van der Waals surface area contributed by atoms with Crippen LogP contribution in [-0.2, 0) is 22.4 Å². The summed E-state index contributed by atoms with van der Waals surface area (Å²) in [5.74, 6) is 0.116. The Morgan fingerprint density at radius 2 is 1.78 bits per heavy atom. The number of amides is 2. The van der Waals surface area contributed by atoms with E-state index in [4.69, 9.17) is 0 Å². The fourth-order valence-electron chi connectivity index (χ4n) is 3.63. The molecular weight excluding hydrogens is 338 g/mol. The summed E-state index contributed by atoms with van der Waals surface area (Å²) in [6.07, 6.45) is 7.72. The second-order valence-electron chi connectivity index (χ2n) is 7.37. The summed E-state index contributed by atoms with van der Waals surface area (Å²) in [6.45, 7) is 2.03. The molecule has 0 spiro atoms. The zero-order valence-electron chi connectivity index (χ0n) is 15.8. The summed E-state index contributed by atoms with van der Waals surface area (Å²) in [7, 11) is 0. The number of aromatic nitrogens is 1. The molecule has 1 aliphatic carbocycles. The summed E-state index contributed by atoms with van der Waals surface area (Å²) >= 11 is 0. The normalized spacial score (nSPS) is 18.9. The first-order chi connectivity index (χ1) is 13.1. The fraction of sp³-hybridized carbons (Fsp3) is 0.409. The molecule has 3 rings (SSSR count). The lowest BCUT2D eigenvalue weighted by atomic mass is 10.1. The number of hydrogen-bond donors (Lipinski definition) is 2. The number of hydrogen-bond acceptors (Lipinski definition) is 3. The van der Waals surface area contributed by atoms with Gasteiger partial charge in [-0.15, -0.1) is 0 Å². The largest absolute Gasteiger partial charge is 0.353 e. The zero-order valence-corrected chi connectivity index (χ0v) is 15.8. The lowest BCUT2D eigenvalue weighted by molar-refractivity contribution is -0.121. The molecule has 1 fully saturated rings. The first kappa shape index (κ1) is 19.1. The number of aryl methyl sites for hydroxylation is 2. The molecule has 0 aliphatic heterocycles. The van der Waals surface area contributed by atoms with Crippen LogP contribution in [0.5, 0.6) is 0 Å². The minimum Gasteiger partial charge on any atom is -0.353 e. The van der Waals surface area contributed by atoms with Gasteiger partial charge in [0, 0.05) is 30.9 Å². The Balaban J connectivity index is 1.38. The number of benzene rings is 1. The Morgan fingerprint density at radius 3 is 2.48 bits per heavy atom. The molecule has 0 saturated heterocycles. The monoisotopic (exact) mass is 365 g/mol. The van der Waals surface area contributed by atoms with Crippen LogP contribution in [0.4, 0.5) is 0 Å². The van der Waals surface area contributed by atoms with Gasteiger partial charge in [-0.25, -0.2) is 0 Å². The van der Waals surface area contributed by atoms with Gasteiger partial charge >= 0.3 is 0 Å². The number of carbonyl (C=O) groups excluding carboxylic acids is 2. The highest BCUT2D eigenvalue weighted by atomic mass is 16.2. The van der Waals surface area contributed by atoms with Crippen molar-refractivity contribution in [1.82, 2.24) is 15.6 Å². The van der Waals surface area contributed by atoms with E-state index in [1.165, 1.54) is 0 Å². The maximum atomic E-state index is 12.3. The van der Waals surface area contributed by atoms with E-state index < -0.39 is 0 Å². The van der Waals surface area contributed by atoms with Crippen LogP contribution >= 0.6 is 0 Å². The van der Waals surface area contributed by atoms with E-state index >= 15 is 0 Å². The molecule has 2 N–H and O–H groups in total. The van der Waals surface area contributed by atoms with Crippen LogP contribution in [0.2, 0.25) is 0 Å². The SMILES string of the molecule is Cc1cccc(CC(=O)N[C@H]2CC[C@@H](NC(=O)CCc3cccnc3)C2)c1. The highest BCUT2D eigenvalue weighted by Crippen LogP contribution is 2.19. The Morgan fingerprint density at radius 1 is 1.04 bits per heavy atom. The maximum Gasteiger partial charge on any atom is 0.224 e. The highest BCUT2D eigenvalue weighted by Gasteiger charge is 2.26. The Hall–Kier alpha value is -2.69. The molecular formula is C22H27N3O2. The number of nitrogens with zero attached hydrogens (tertiary/aromatic N) is 1. The van der Waals surface area contributed by atoms with Crippen molar-refractivity contribution in [3.8, 4) is 0 Å². The third-order valence-corrected chi connectivity index (χ3v) is 4.97. The third-order valence-electron chi connectivity index (χ3n) is 4.97. The van der Waals surface area contributed by atoms with Crippen LogP contribution in [0.25, 0.3) is 0 Å². The first-order valence-electron chi connectivity index (χ1n) is 9.61. The molecule has 1 aromatic heterocycles. The van der Waals surface area contributed by atoms with Crippen LogP contribution in [0.3, 0.4) is 0 Å². The molecule has 27 heavy (non-hydrogen) atoms. The van der Waals surface area contributed by atoms with Crippen LogP contribution < -0.4 is 10.6 Å². The Kier molecular flexibility index (Phi) is 6.58. The molecule has 142 valence electrons. The summed E-state index contributed by atoms with van der Waals surface area (Å²) in [6, 6.07) is 12.2. The predicted molar refractivity (Wildman–Crippen MR) is 105 cm³/mol. The number of nitrogens with one attached hydrogen (secondary N) is 2. The van der Waals surface area contributed by atoms with E-state index in [-0.39, 0.29) is 23.9 Å². The van der Waals surface area contributed by atoms with Gasteiger partial charge in [-0.2, -0.15) is 0 Å². The predicted octanol–water partition coefficient (Wildman–Crippen LogP) is 2.72. The van der Waals surface area contributed by atoms with Gasteiger partial charge in [0.05, 0.1) is 6.42 Å². The molecule has 0 unspecified atom stereocenters. The maximum absolute atomic E-state index is 12.3. The van der Waals surface area contributed by atoms with Crippen LogP contribution in [-0.4, -0.2) is 28.9 Å². The highest BCUT2D eigenvalue weighted by molar-refractivity contribution is 5.79. The molecule has 5 heteroatoms. The molecule has 1 heterocycles. The minimum absolute atomic E-state index is 0.0501. The zero-order chi connectivity index (χ0) is 19.1. The molecule has 2 amide bonds. The Bertz CT molecular complexity index is 776. The van der Waals surface area contributed by atoms with Gasteiger partial charge in [0.1, 0.15) is 0 Å². The van der Waals surface area contributed by atoms with Crippen molar-refractivity contribution < 1.29 is 9.59 Å². The van der Waals surface area contributed by atoms with Crippen LogP contribution in [0.15, 0.2) is 48.8 Å². The van der Waals surface area contributed by atoms with Crippen molar-refractivity contribution >= 4 is 11.8 Å². The standard InChI is InChI=1S/C22H27N3O2/c1-16-4-2-5-18(12-16)13-22(27)25-20-9-8-19(14-20)24-21(26)10-7-17-6-3-11-23-15-17/h2-6,11-12,15,19-20H,7-10,13-14H2,1H3,(H,24,26)(H,25,27)/t19-,20+/m1/s1. The second-order valence-corrected chi connectivity index (χ2v) is 7.37. The topological polar surface area (TPSA) is 71.1 Å². The van der Waals surface area contributed by atoms with E-state index in [1.807, 2.05) is 43.3 Å². The van der Waals surface area contributed by atoms with E-state index in [0.717, 1.165) is 36.0 Å². The molecule has 1 aromatic carbocycles. The van der Waals surface area contributed by atoms with Gasteiger partial charge in [0.2, 0.25) is 11.8 Å². The lowest BCUT2D eigenvalue weighted by Gasteiger charge is -2.15. The van der Waals surface area contributed by atoms with E-state index in [9.17, 15) is 9.59 Å². The summed E-state index contributed by atoms with van der Waals surface area (Å²) in [4.78, 5) is 28.5. The smallest absolute Gasteiger partial charge is 0.224 e. The van der Waals surface area contributed by atoms with Gasteiger partial charge in [-0.3, -0.25) is 14.6 Å². The molecule has 0 radical (unpaired) electrons. The van der Waals surface area contributed by atoms with Gasteiger partial charge in [0.25, 0.3) is 0 Å². The lowest BCUT2D eigenvalue weighted by Crippen LogP contribution is -2.37. The van der Waals surface area contributed by atoms with Crippen molar-refractivity contribution in [2.45, 2.75) is 57.5 Å². The van der Waals surface area contributed by atoms with E-state index in [0.29, 0.717) is 19.3 Å². The average molecular weight is 365 g/mol. The van der Waals surface area contributed by atoms with Crippen molar-refractivity contribution in [1.29, 1.82) is 0 Å². The van der Waals surface area contributed by atoms with Crippen molar-refractivity contribution in [2.75, 3.05) is 0 Å². The summed E-state index contributed by atoms with van der Waals surface area (Å²) < 4.78 is 0. The molecule has 2 atom stereocenters. The summed E-state index contributed by atoms with van der Waals surface area (Å²) in [5.41, 5.74) is 3.27. The number of rotatable bonds is 7. The number of pyridine rings is 1. The summed E-state index contributed by atoms with van der Waals surface area (Å²) in [5, 5.41) is 6.21. The molecule has 0 bridgehead atoms. The van der Waals surface area contributed by atoms with Gasteiger partial charge in [-0.1, -0.05) is 35.9 Å². The van der Waals surface area contributed by atoms with Crippen LogP contribution in [0, 0.1) is 6.92 Å².